The molecule has 2 unspecified atom stereocenters. The fourth-order valence-electron chi connectivity index (χ4n) is 2.62. The van der Waals surface area contributed by atoms with Crippen molar-refractivity contribution < 1.29 is 24.2 Å². The molecule has 1 aliphatic rings. The summed E-state index contributed by atoms with van der Waals surface area (Å²) >= 11 is 0. The standard InChI is InChI=1S/C14H25NO5/c1-19-8-3-6-15(7-9-20-2)13(16)11-4-5-12(10-11)14(17)18/h11-12H,3-10H2,1-2H3,(H,17,18). The van der Waals surface area contributed by atoms with E-state index in [1.807, 2.05) is 0 Å². The molecule has 1 saturated carbocycles. The van der Waals surface area contributed by atoms with Gasteiger partial charge < -0.3 is 19.5 Å². The minimum atomic E-state index is -0.789. The fourth-order valence-corrected chi connectivity index (χ4v) is 2.62. The van der Waals surface area contributed by atoms with Crippen molar-refractivity contribution >= 4 is 11.9 Å². The molecule has 1 amide bonds. The van der Waals surface area contributed by atoms with Crippen LogP contribution in [0, 0.1) is 11.8 Å². The van der Waals surface area contributed by atoms with Gasteiger partial charge in [-0.25, -0.2) is 0 Å². The lowest BCUT2D eigenvalue weighted by atomic mass is 10.0. The van der Waals surface area contributed by atoms with Gasteiger partial charge in [0.25, 0.3) is 0 Å². The van der Waals surface area contributed by atoms with Crippen LogP contribution >= 0.6 is 0 Å². The summed E-state index contributed by atoms with van der Waals surface area (Å²) in [7, 11) is 3.24. The molecule has 0 saturated heterocycles. The highest BCUT2D eigenvalue weighted by molar-refractivity contribution is 5.81. The van der Waals surface area contributed by atoms with Gasteiger partial charge in [-0.15, -0.1) is 0 Å². The summed E-state index contributed by atoms with van der Waals surface area (Å²) in [6.45, 7) is 2.28. The lowest BCUT2D eigenvalue weighted by molar-refractivity contribution is -0.141. The van der Waals surface area contributed by atoms with Gasteiger partial charge in [-0.3, -0.25) is 9.59 Å². The van der Waals surface area contributed by atoms with Gasteiger partial charge in [0.1, 0.15) is 0 Å². The Labute approximate surface area is 120 Å². The lowest BCUT2D eigenvalue weighted by Crippen LogP contribution is -2.39. The molecule has 6 heteroatoms. The van der Waals surface area contributed by atoms with Gasteiger partial charge in [-0.2, -0.15) is 0 Å². The highest BCUT2D eigenvalue weighted by Crippen LogP contribution is 2.32. The third-order valence-corrected chi connectivity index (χ3v) is 3.78. The third-order valence-electron chi connectivity index (χ3n) is 3.78. The zero-order valence-corrected chi connectivity index (χ0v) is 12.3. The van der Waals surface area contributed by atoms with E-state index in [1.165, 1.54) is 0 Å². The first-order valence-corrected chi connectivity index (χ1v) is 7.09. The molecule has 116 valence electrons. The van der Waals surface area contributed by atoms with Gasteiger partial charge in [0.15, 0.2) is 0 Å². The fraction of sp³-hybridized carbons (Fsp3) is 0.857. The number of carboxylic acids is 1. The Morgan fingerprint density at radius 3 is 2.30 bits per heavy atom. The number of nitrogens with zero attached hydrogens (tertiary/aromatic N) is 1. The summed E-state index contributed by atoms with van der Waals surface area (Å²) in [6, 6.07) is 0. The average molecular weight is 287 g/mol. The van der Waals surface area contributed by atoms with Crippen LogP contribution in [0.5, 0.6) is 0 Å². The van der Waals surface area contributed by atoms with Crippen LogP contribution in [0.1, 0.15) is 25.7 Å². The molecule has 0 aromatic heterocycles. The predicted octanol–water partition coefficient (Wildman–Crippen LogP) is 0.999. The Morgan fingerprint density at radius 2 is 1.75 bits per heavy atom. The highest BCUT2D eigenvalue weighted by Gasteiger charge is 2.35. The minimum absolute atomic E-state index is 0.0573. The molecule has 0 aliphatic heterocycles. The van der Waals surface area contributed by atoms with Crippen LogP contribution in [0.4, 0.5) is 0 Å². The first kappa shape index (κ1) is 16.9. The number of methoxy groups -OCH3 is 2. The van der Waals surface area contributed by atoms with Crippen molar-refractivity contribution in [1.29, 1.82) is 0 Å². The quantitative estimate of drug-likeness (QED) is 0.640. The number of rotatable bonds is 9. The highest BCUT2D eigenvalue weighted by atomic mass is 16.5. The first-order chi connectivity index (χ1) is 9.60. The molecule has 1 N–H and O–H groups in total. The Morgan fingerprint density at radius 1 is 1.10 bits per heavy atom. The van der Waals surface area contributed by atoms with Crippen LogP contribution in [-0.2, 0) is 19.1 Å². The maximum absolute atomic E-state index is 12.5. The number of hydrogen-bond donors (Lipinski definition) is 1. The minimum Gasteiger partial charge on any atom is -0.481 e. The smallest absolute Gasteiger partial charge is 0.306 e. The molecule has 20 heavy (non-hydrogen) atoms. The van der Waals surface area contributed by atoms with E-state index in [0.717, 1.165) is 6.42 Å². The summed E-state index contributed by atoms with van der Waals surface area (Å²) < 4.78 is 10.0. The molecule has 1 rings (SSSR count). The number of amides is 1. The zero-order valence-electron chi connectivity index (χ0n) is 12.3. The van der Waals surface area contributed by atoms with E-state index in [4.69, 9.17) is 14.6 Å². The van der Waals surface area contributed by atoms with Gasteiger partial charge in [0.05, 0.1) is 12.5 Å². The third kappa shape index (κ3) is 5.09. The Hall–Kier alpha value is -1.14. The van der Waals surface area contributed by atoms with E-state index >= 15 is 0 Å². The predicted molar refractivity (Wildman–Crippen MR) is 73.4 cm³/mol. The van der Waals surface area contributed by atoms with Crippen LogP contribution < -0.4 is 0 Å². The van der Waals surface area contributed by atoms with Crippen LogP contribution in [0.15, 0.2) is 0 Å². The van der Waals surface area contributed by atoms with Gasteiger partial charge in [-0.05, 0) is 25.7 Å². The van der Waals surface area contributed by atoms with Crippen LogP contribution in [0.3, 0.4) is 0 Å². The Kier molecular flexibility index (Phi) is 7.54. The van der Waals surface area contributed by atoms with E-state index in [2.05, 4.69) is 0 Å². The number of hydrogen-bond acceptors (Lipinski definition) is 4. The molecule has 0 spiro atoms. The maximum atomic E-state index is 12.5. The molecule has 1 fully saturated rings. The van der Waals surface area contributed by atoms with Crippen LogP contribution in [-0.4, -0.2) is 62.4 Å². The molecule has 0 aromatic carbocycles. The molecule has 6 nitrogen and oxygen atoms in total. The van der Waals surface area contributed by atoms with Gasteiger partial charge in [0, 0.05) is 39.8 Å². The second kappa shape index (κ2) is 8.92. The molecule has 0 aromatic rings. The summed E-state index contributed by atoms with van der Waals surface area (Å²) in [5.41, 5.74) is 0. The monoisotopic (exact) mass is 287 g/mol. The zero-order chi connectivity index (χ0) is 15.0. The second-order valence-corrected chi connectivity index (χ2v) is 5.21. The van der Waals surface area contributed by atoms with E-state index in [9.17, 15) is 9.59 Å². The lowest BCUT2D eigenvalue weighted by Gasteiger charge is -2.25. The number of carbonyl (C=O) groups excluding carboxylic acids is 1. The van der Waals surface area contributed by atoms with Crippen LogP contribution in [0.2, 0.25) is 0 Å². The summed E-state index contributed by atoms with van der Waals surface area (Å²) in [5.74, 6) is -1.26. The number of carbonyl (C=O) groups is 2. The van der Waals surface area contributed by atoms with Crippen molar-refractivity contribution in [2.75, 3.05) is 40.5 Å². The molecular weight excluding hydrogens is 262 g/mol. The topological polar surface area (TPSA) is 76.1 Å². The van der Waals surface area contributed by atoms with Crippen molar-refractivity contribution in [1.82, 2.24) is 4.90 Å². The molecular formula is C14H25NO5. The maximum Gasteiger partial charge on any atom is 0.306 e. The number of carboxylic acid groups (broad SMARTS) is 1. The van der Waals surface area contributed by atoms with Gasteiger partial charge >= 0.3 is 5.97 Å². The van der Waals surface area contributed by atoms with Crippen molar-refractivity contribution in [3.8, 4) is 0 Å². The van der Waals surface area contributed by atoms with Gasteiger partial charge in [0.2, 0.25) is 5.91 Å². The number of aliphatic carboxylic acids is 1. The molecule has 0 bridgehead atoms. The van der Waals surface area contributed by atoms with E-state index in [0.29, 0.717) is 45.6 Å². The van der Waals surface area contributed by atoms with E-state index in [-0.39, 0.29) is 17.7 Å². The summed E-state index contributed by atoms with van der Waals surface area (Å²) in [5, 5.41) is 9.00. The Bertz CT molecular complexity index is 321. The van der Waals surface area contributed by atoms with E-state index in [1.54, 1.807) is 19.1 Å². The molecule has 1 aliphatic carbocycles. The average Bonchev–Trinajstić information content (AvgIpc) is 2.92. The van der Waals surface area contributed by atoms with Crippen LogP contribution in [0.25, 0.3) is 0 Å². The first-order valence-electron chi connectivity index (χ1n) is 7.09. The number of ether oxygens (including phenoxy) is 2. The van der Waals surface area contributed by atoms with E-state index < -0.39 is 5.97 Å². The summed E-state index contributed by atoms with van der Waals surface area (Å²) in [4.78, 5) is 25.2. The Balaban J connectivity index is 2.51. The molecule has 0 heterocycles. The normalized spacial score (nSPS) is 21.9. The molecule has 0 radical (unpaired) electrons. The molecule has 2 atom stereocenters. The largest absolute Gasteiger partial charge is 0.481 e. The van der Waals surface area contributed by atoms with Crippen molar-refractivity contribution in [3.05, 3.63) is 0 Å². The van der Waals surface area contributed by atoms with Crippen molar-refractivity contribution in [3.63, 3.8) is 0 Å². The van der Waals surface area contributed by atoms with Crippen molar-refractivity contribution in [2.24, 2.45) is 11.8 Å². The van der Waals surface area contributed by atoms with Gasteiger partial charge in [-0.1, -0.05) is 0 Å². The SMILES string of the molecule is COCCCN(CCOC)C(=O)C1CCC(C(=O)O)C1. The second-order valence-electron chi connectivity index (χ2n) is 5.21. The van der Waals surface area contributed by atoms with Crippen molar-refractivity contribution in [2.45, 2.75) is 25.7 Å². The summed E-state index contributed by atoms with van der Waals surface area (Å²) in [6.07, 6.45) is 2.51.